The van der Waals surface area contributed by atoms with E-state index in [0.717, 1.165) is 49.5 Å². The van der Waals surface area contributed by atoms with Gasteiger partial charge in [0.1, 0.15) is 11.3 Å². The van der Waals surface area contributed by atoms with E-state index in [2.05, 4.69) is 42.0 Å². The number of anilines is 2. The molecule has 2 N–H and O–H groups in total. The predicted molar refractivity (Wildman–Crippen MR) is 114 cm³/mol. The Kier molecular flexibility index (Phi) is 4.10. The summed E-state index contributed by atoms with van der Waals surface area (Å²) in [6.45, 7) is 4.09. The summed E-state index contributed by atoms with van der Waals surface area (Å²) in [7, 11) is 0. The third-order valence-corrected chi connectivity index (χ3v) is 5.47. The van der Waals surface area contributed by atoms with Gasteiger partial charge < -0.3 is 19.5 Å². The topological polar surface area (TPSA) is 115 Å². The second kappa shape index (κ2) is 7.10. The number of aromatic nitrogens is 5. The number of nitrogen functional groups attached to an aromatic ring is 1. The van der Waals surface area contributed by atoms with Crippen molar-refractivity contribution in [1.29, 1.82) is 0 Å². The number of hydrogen-bond donors (Lipinski definition) is 1. The lowest BCUT2D eigenvalue weighted by Gasteiger charge is -2.34. The number of nitrogens with zero attached hydrogens (tertiary/aromatic N) is 7. The van der Waals surface area contributed by atoms with Gasteiger partial charge in [0.25, 0.3) is 5.78 Å². The van der Waals surface area contributed by atoms with E-state index in [0.29, 0.717) is 23.3 Å². The van der Waals surface area contributed by atoms with E-state index in [4.69, 9.17) is 14.6 Å². The Balaban J connectivity index is 1.17. The summed E-state index contributed by atoms with van der Waals surface area (Å²) in [5, 5.41) is 5.48. The Morgan fingerprint density at radius 2 is 1.84 bits per heavy atom. The third-order valence-electron chi connectivity index (χ3n) is 5.47. The molecule has 1 aliphatic rings. The summed E-state index contributed by atoms with van der Waals surface area (Å²) in [5.74, 6) is 3.18. The fourth-order valence-electron chi connectivity index (χ4n) is 3.89. The lowest BCUT2D eigenvalue weighted by molar-refractivity contribution is 0.232. The van der Waals surface area contributed by atoms with Gasteiger partial charge in [-0.15, -0.1) is 5.10 Å². The molecule has 0 radical (unpaired) electrons. The van der Waals surface area contributed by atoms with Gasteiger partial charge in [-0.05, 0) is 24.3 Å². The van der Waals surface area contributed by atoms with Crippen LogP contribution in [0.4, 0.5) is 11.9 Å². The average molecular weight is 416 g/mol. The number of hydrogen-bond acceptors (Lipinski definition) is 9. The highest BCUT2D eigenvalue weighted by atomic mass is 16.3. The summed E-state index contributed by atoms with van der Waals surface area (Å²) < 4.78 is 12.8. The quantitative estimate of drug-likeness (QED) is 0.471. The first-order valence-corrected chi connectivity index (χ1v) is 10.1. The van der Waals surface area contributed by atoms with Crippen LogP contribution >= 0.6 is 0 Å². The monoisotopic (exact) mass is 416 g/mol. The summed E-state index contributed by atoms with van der Waals surface area (Å²) in [4.78, 5) is 17.9. The van der Waals surface area contributed by atoms with Crippen molar-refractivity contribution in [3.8, 4) is 11.6 Å². The summed E-state index contributed by atoms with van der Waals surface area (Å²) in [6.07, 6.45) is 1.58. The minimum Gasteiger partial charge on any atom is -0.461 e. The summed E-state index contributed by atoms with van der Waals surface area (Å²) in [5.41, 5.74) is 7.05. The van der Waals surface area contributed by atoms with Gasteiger partial charge in [0.05, 0.1) is 12.8 Å². The van der Waals surface area contributed by atoms with Crippen molar-refractivity contribution in [2.45, 2.75) is 6.54 Å². The van der Waals surface area contributed by atoms with E-state index in [-0.39, 0.29) is 5.95 Å². The van der Waals surface area contributed by atoms with Crippen LogP contribution in [0, 0.1) is 0 Å². The molecule has 6 rings (SSSR count). The van der Waals surface area contributed by atoms with E-state index in [1.165, 1.54) is 4.52 Å². The van der Waals surface area contributed by atoms with E-state index < -0.39 is 0 Å². The number of benzene rings is 1. The minimum absolute atomic E-state index is 0.245. The normalized spacial score (nSPS) is 15.3. The Bertz CT molecular complexity index is 1320. The Hall–Kier alpha value is -3.92. The Morgan fingerprint density at radius 3 is 2.65 bits per heavy atom. The maximum Gasteiger partial charge on any atom is 0.259 e. The predicted octanol–water partition coefficient (Wildman–Crippen LogP) is 2.43. The van der Waals surface area contributed by atoms with Crippen LogP contribution in [0.1, 0.15) is 5.76 Å². The van der Waals surface area contributed by atoms with Crippen LogP contribution in [0.25, 0.3) is 28.3 Å². The molecule has 1 aromatic carbocycles. The number of para-hydroxylation sites is 1. The third kappa shape index (κ3) is 3.26. The van der Waals surface area contributed by atoms with Crippen LogP contribution in [0.2, 0.25) is 0 Å². The Morgan fingerprint density at radius 1 is 0.968 bits per heavy atom. The highest BCUT2D eigenvalue weighted by molar-refractivity contribution is 5.77. The van der Waals surface area contributed by atoms with Gasteiger partial charge in [0.2, 0.25) is 17.7 Å². The molecule has 1 fully saturated rings. The fourth-order valence-corrected chi connectivity index (χ4v) is 3.89. The first-order chi connectivity index (χ1) is 15.2. The zero-order valence-electron chi connectivity index (χ0n) is 16.7. The van der Waals surface area contributed by atoms with Crippen molar-refractivity contribution < 1.29 is 8.83 Å². The standard InChI is InChI=1S/C21H20N8O2/c22-19-24-20(25-21-23-18(26-29(19)21)17-6-3-11-30-17)28-9-7-27(8-10-28)13-15-12-14-4-1-2-5-16(14)31-15/h1-6,11-12H,7-10,13H2,(H2,22,23,24,25,26). The van der Waals surface area contributed by atoms with Gasteiger partial charge in [-0.25, -0.2) is 0 Å². The van der Waals surface area contributed by atoms with Crippen molar-refractivity contribution in [3.05, 3.63) is 54.5 Å². The molecule has 0 bridgehead atoms. The molecule has 5 aromatic rings. The van der Waals surface area contributed by atoms with Crippen molar-refractivity contribution in [3.63, 3.8) is 0 Å². The Labute approximate surface area is 176 Å². The second-order valence-electron chi connectivity index (χ2n) is 7.52. The first kappa shape index (κ1) is 17.9. The van der Waals surface area contributed by atoms with Crippen molar-refractivity contribution in [2.75, 3.05) is 36.8 Å². The van der Waals surface area contributed by atoms with E-state index in [9.17, 15) is 0 Å². The number of fused-ring (bicyclic) bond motifs is 2. The van der Waals surface area contributed by atoms with E-state index in [1.54, 1.807) is 18.4 Å². The largest absolute Gasteiger partial charge is 0.461 e. The molecular weight excluding hydrogens is 396 g/mol. The molecule has 156 valence electrons. The van der Waals surface area contributed by atoms with Gasteiger partial charge in [0, 0.05) is 31.6 Å². The molecule has 0 atom stereocenters. The molecule has 0 unspecified atom stereocenters. The van der Waals surface area contributed by atoms with Crippen LogP contribution in [-0.2, 0) is 6.54 Å². The SMILES string of the molecule is Nc1nc(N2CCN(Cc3cc4ccccc4o3)CC2)nc2nc(-c3ccco3)nn12. The maximum atomic E-state index is 6.13. The molecular formula is C21H20N8O2. The first-order valence-electron chi connectivity index (χ1n) is 10.1. The summed E-state index contributed by atoms with van der Waals surface area (Å²) in [6, 6.07) is 13.8. The lowest BCUT2D eigenvalue weighted by Crippen LogP contribution is -2.46. The van der Waals surface area contributed by atoms with Crippen molar-refractivity contribution in [2.24, 2.45) is 0 Å². The van der Waals surface area contributed by atoms with Gasteiger partial charge >= 0.3 is 0 Å². The van der Waals surface area contributed by atoms with Gasteiger partial charge in [0.15, 0.2) is 5.76 Å². The second-order valence-corrected chi connectivity index (χ2v) is 7.52. The van der Waals surface area contributed by atoms with Gasteiger partial charge in [-0.1, -0.05) is 18.2 Å². The van der Waals surface area contributed by atoms with Crippen molar-refractivity contribution >= 4 is 28.6 Å². The molecule has 4 aromatic heterocycles. The number of furan rings is 2. The number of rotatable bonds is 4. The molecule has 1 saturated heterocycles. The van der Waals surface area contributed by atoms with Crippen LogP contribution in [0.5, 0.6) is 0 Å². The summed E-state index contributed by atoms with van der Waals surface area (Å²) >= 11 is 0. The fraction of sp³-hybridized carbons (Fsp3) is 0.238. The van der Waals surface area contributed by atoms with Gasteiger partial charge in [-0.3, -0.25) is 4.90 Å². The smallest absolute Gasteiger partial charge is 0.259 e. The van der Waals surface area contributed by atoms with Crippen LogP contribution < -0.4 is 10.6 Å². The number of nitrogens with two attached hydrogens (primary N) is 1. The molecule has 1 aliphatic heterocycles. The molecule has 0 saturated carbocycles. The van der Waals surface area contributed by atoms with Crippen LogP contribution in [-0.4, -0.2) is 55.6 Å². The van der Waals surface area contributed by atoms with Crippen molar-refractivity contribution in [1.82, 2.24) is 29.5 Å². The zero-order valence-corrected chi connectivity index (χ0v) is 16.7. The molecule has 0 spiro atoms. The van der Waals surface area contributed by atoms with E-state index in [1.807, 2.05) is 18.2 Å². The minimum atomic E-state index is 0.245. The number of piperazine rings is 1. The molecule has 10 heteroatoms. The highest BCUT2D eigenvalue weighted by Gasteiger charge is 2.22. The molecule has 10 nitrogen and oxygen atoms in total. The highest BCUT2D eigenvalue weighted by Crippen LogP contribution is 2.22. The zero-order chi connectivity index (χ0) is 20.8. The van der Waals surface area contributed by atoms with Crippen LogP contribution in [0.3, 0.4) is 0 Å². The van der Waals surface area contributed by atoms with E-state index >= 15 is 0 Å². The molecule has 0 amide bonds. The van der Waals surface area contributed by atoms with Crippen LogP contribution in [0.15, 0.2) is 57.6 Å². The average Bonchev–Trinajstić information content (AvgIpc) is 3.53. The molecule has 5 heterocycles. The maximum absolute atomic E-state index is 6.13. The lowest BCUT2D eigenvalue weighted by atomic mass is 10.2. The molecule has 0 aliphatic carbocycles. The van der Waals surface area contributed by atoms with Gasteiger partial charge in [-0.2, -0.15) is 19.5 Å². The molecule has 31 heavy (non-hydrogen) atoms.